The van der Waals surface area contributed by atoms with Crippen molar-refractivity contribution in [1.82, 2.24) is 9.97 Å². The molecule has 7 heteroatoms. The molecule has 2 fully saturated rings. The number of anilines is 2. The number of carbonyl (C=O) groups excluding carboxylic acids is 1. The van der Waals surface area contributed by atoms with Crippen LogP contribution in [0, 0.1) is 13.8 Å². The molecule has 2 saturated heterocycles. The molecule has 1 N–H and O–H groups in total. The molecule has 142 valence electrons. The van der Waals surface area contributed by atoms with Crippen molar-refractivity contribution < 1.29 is 14.3 Å². The first kappa shape index (κ1) is 17.9. The Labute approximate surface area is 158 Å². The Morgan fingerprint density at radius 3 is 2.44 bits per heavy atom. The summed E-state index contributed by atoms with van der Waals surface area (Å²) in [5.74, 6) is 0.100. The third-order valence-corrected chi connectivity index (χ3v) is 5.27. The van der Waals surface area contributed by atoms with Crippen LogP contribution in [0.25, 0.3) is 0 Å². The molecule has 2 aromatic rings. The van der Waals surface area contributed by atoms with Crippen LogP contribution in [0.4, 0.5) is 11.5 Å². The van der Waals surface area contributed by atoms with Crippen LogP contribution >= 0.6 is 0 Å². The fourth-order valence-corrected chi connectivity index (χ4v) is 3.70. The number of hydrogen-bond acceptors (Lipinski definition) is 6. The molecule has 7 nitrogen and oxygen atoms in total. The number of nitrogens with zero attached hydrogens (tertiary/aromatic N) is 3. The molecular weight excluding hydrogens is 344 g/mol. The molecule has 2 aliphatic heterocycles. The second-order valence-corrected chi connectivity index (χ2v) is 7.08. The lowest BCUT2D eigenvalue weighted by Crippen LogP contribution is -2.45. The van der Waals surface area contributed by atoms with Gasteiger partial charge in [0.25, 0.3) is 5.91 Å². The van der Waals surface area contributed by atoms with Gasteiger partial charge in [0.15, 0.2) is 5.79 Å². The molecule has 0 bridgehead atoms. The second-order valence-electron chi connectivity index (χ2n) is 7.08. The maximum absolute atomic E-state index is 12.7. The highest BCUT2D eigenvalue weighted by Gasteiger charge is 2.40. The predicted octanol–water partition coefficient (Wildman–Crippen LogP) is 2.69. The summed E-state index contributed by atoms with van der Waals surface area (Å²) in [5.41, 5.74) is 3.24. The summed E-state index contributed by atoms with van der Waals surface area (Å²) in [6, 6.07) is 7.68. The fourth-order valence-electron chi connectivity index (χ4n) is 3.70. The third kappa shape index (κ3) is 3.65. The Morgan fingerprint density at radius 2 is 1.78 bits per heavy atom. The average Bonchev–Trinajstić information content (AvgIpc) is 3.13. The number of nitrogens with one attached hydrogen (secondary N) is 1. The summed E-state index contributed by atoms with van der Waals surface area (Å²) in [5, 5.41) is 2.98. The molecule has 0 radical (unpaired) electrons. The summed E-state index contributed by atoms with van der Waals surface area (Å²) in [6.07, 6.45) is 3.03. The molecule has 0 aliphatic carbocycles. The number of hydrogen-bond donors (Lipinski definition) is 1. The van der Waals surface area contributed by atoms with Crippen LogP contribution in [0.3, 0.4) is 0 Å². The topological polar surface area (TPSA) is 76.6 Å². The van der Waals surface area contributed by atoms with Gasteiger partial charge in [-0.2, -0.15) is 0 Å². The Bertz CT molecular complexity index is 819. The van der Waals surface area contributed by atoms with Gasteiger partial charge in [0.1, 0.15) is 17.8 Å². The first-order valence-corrected chi connectivity index (χ1v) is 9.29. The smallest absolute Gasteiger partial charge is 0.274 e. The van der Waals surface area contributed by atoms with Crippen LogP contribution in [0.2, 0.25) is 0 Å². The van der Waals surface area contributed by atoms with E-state index in [9.17, 15) is 4.79 Å². The maximum Gasteiger partial charge on any atom is 0.274 e. The SMILES string of the molecule is Cc1cccc(C)c1NC(=O)c1cc(N2CCC3(CC2)OCCO3)ncn1. The van der Waals surface area contributed by atoms with E-state index in [1.54, 1.807) is 6.07 Å². The van der Waals surface area contributed by atoms with Crippen LogP contribution in [0.5, 0.6) is 0 Å². The summed E-state index contributed by atoms with van der Waals surface area (Å²) < 4.78 is 11.5. The zero-order valence-electron chi connectivity index (χ0n) is 15.7. The number of aryl methyl sites for hydroxylation is 2. The van der Waals surface area contributed by atoms with Gasteiger partial charge in [-0.05, 0) is 25.0 Å². The van der Waals surface area contributed by atoms with E-state index < -0.39 is 5.79 Å². The van der Waals surface area contributed by atoms with E-state index in [0.29, 0.717) is 18.9 Å². The first-order chi connectivity index (χ1) is 13.1. The van der Waals surface area contributed by atoms with Crippen LogP contribution in [-0.2, 0) is 9.47 Å². The zero-order valence-corrected chi connectivity index (χ0v) is 15.7. The van der Waals surface area contributed by atoms with E-state index in [0.717, 1.165) is 48.6 Å². The van der Waals surface area contributed by atoms with Crippen LogP contribution in [0.1, 0.15) is 34.5 Å². The number of amides is 1. The van der Waals surface area contributed by atoms with Gasteiger partial charge in [-0.25, -0.2) is 9.97 Å². The second kappa shape index (κ2) is 7.25. The van der Waals surface area contributed by atoms with Crippen molar-refractivity contribution in [3.05, 3.63) is 47.4 Å². The van der Waals surface area contributed by atoms with E-state index in [1.807, 2.05) is 32.0 Å². The zero-order chi connectivity index (χ0) is 18.9. The van der Waals surface area contributed by atoms with Crippen LogP contribution < -0.4 is 10.2 Å². The highest BCUT2D eigenvalue weighted by Crippen LogP contribution is 2.32. The predicted molar refractivity (Wildman–Crippen MR) is 102 cm³/mol. The normalized spacial score (nSPS) is 18.7. The van der Waals surface area contributed by atoms with Crippen molar-refractivity contribution in [2.24, 2.45) is 0 Å². The number of para-hydroxylation sites is 1. The molecule has 1 spiro atoms. The van der Waals surface area contributed by atoms with Crippen molar-refractivity contribution in [2.75, 3.05) is 36.5 Å². The van der Waals surface area contributed by atoms with E-state index in [-0.39, 0.29) is 5.91 Å². The molecule has 4 rings (SSSR count). The van der Waals surface area contributed by atoms with Gasteiger partial charge in [-0.1, -0.05) is 18.2 Å². The first-order valence-electron chi connectivity index (χ1n) is 9.29. The van der Waals surface area contributed by atoms with Crippen LogP contribution in [0.15, 0.2) is 30.6 Å². The Hall–Kier alpha value is -2.51. The Kier molecular flexibility index (Phi) is 4.80. The van der Waals surface area contributed by atoms with Gasteiger partial charge < -0.3 is 19.7 Å². The molecule has 27 heavy (non-hydrogen) atoms. The number of piperidine rings is 1. The average molecular weight is 368 g/mol. The number of benzene rings is 1. The number of rotatable bonds is 3. The summed E-state index contributed by atoms with van der Waals surface area (Å²) >= 11 is 0. The van der Waals surface area contributed by atoms with Crippen molar-refractivity contribution in [1.29, 1.82) is 0 Å². The van der Waals surface area contributed by atoms with E-state index >= 15 is 0 Å². The lowest BCUT2D eigenvalue weighted by molar-refractivity contribution is -0.169. The van der Waals surface area contributed by atoms with Gasteiger partial charge in [0.05, 0.1) is 13.2 Å². The van der Waals surface area contributed by atoms with Crippen molar-refractivity contribution >= 4 is 17.4 Å². The van der Waals surface area contributed by atoms with Crippen molar-refractivity contribution in [3.8, 4) is 0 Å². The van der Waals surface area contributed by atoms with Gasteiger partial charge in [-0.3, -0.25) is 4.79 Å². The number of carbonyl (C=O) groups is 1. The molecule has 2 aliphatic rings. The minimum Gasteiger partial charge on any atom is -0.356 e. The van der Waals surface area contributed by atoms with Crippen LogP contribution in [-0.4, -0.2) is 48.0 Å². The van der Waals surface area contributed by atoms with Gasteiger partial charge in [0, 0.05) is 37.7 Å². The molecule has 0 unspecified atom stereocenters. The minimum atomic E-state index is -0.425. The molecule has 3 heterocycles. The van der Waals surface area contributed by atoms with E-state index in [1.165, 1.54) is 6.33 Å². The minimum absolute atomic E-state index is 0.230. The van der Waals surface area contributed by atoms with Crippen molar-refractivity contribution in [3.63, 3.8) is 0 Å². The molecule has 0 atom stereocenters. The standard InChI is InChI=1S/C20H24N4O3/c1-14-4-3-5-15(2)18(14)23-19(25)16-12-17(22-13-21-16)24-8-6-20(7-9-24)26-10-11-27-20/h3-5,12-13H,6-11H2,1-2H3,(H,23,25). The fraction of sp³-hybridized carbons (Fsp3) is 0.450. The van der Waals surface area contributed by atoms with Crippen molar-refractivity contribution in [2.45, 2.75) is 32.5 Å². The third-order valence-electron chi connectivity index (χ3n) is 5.27. The molecule has 1 aromatic heterocycles. The van der Waals surface area contributed by atoms with Gasteiger partial charge in [0.2, 0.25) is 0 Å². The monoisotopic (exact) mass is 368 g/mol. The maximum atomic E-state index is 12.7. The summed E-state index contributed by atoms with van der Waals surface area (Å²) in [6.45, 7) is 6.83. The highest BCUT2D eigenvalue weighted by atomic mass is 16.7. The number of ether oxygens (including phenoxy) is 2. The molecule has 0 saturated carbocycles. The van der Waals surface area contributed by atoms with E-state index in [4.69, 9.17) is 9.47 Å². The van der Waals surface area contributed by atoms with E-state index in [2.05, 4.69) is 20.2 Å². The Balaban J connectivity index is 1.47. The molecular formula is C20H24N4O3. The molecule has 1 amide bonds. The quantitative estimate of drug-likeness (QED) is 0.898. The van der Waals surface area contributed by atoms with Gasteiger partial charge in [-0.15, -0.1) is 0 Å². The lowest BCUT2D eigenvalue weighted by atomic mass is 10.0. The molecule has 1 aromatic carbocycles. The largest absolute Gasteiger partial charge is 0.356 e. The lowest BCUT2D eigenvalue weighted by Gasteiger charge is -2.38. The van der Waals surface area contributed by atoms with Gasteiger partial charge >= 0.3 is 0 Å². The number of aromatic nitrogens is 2. The summed E-state index contributed by atoms with van der Waals surface area (Å²) in [4.78, 5) is 23.4. The summed E-state index contributed by atoms with van der Waals surface area (Å²) in [7, 11) is 0. The highest BCUT2D eigenvalue weighted by molar-refractivity contribution is 6.04. The Morgan fingerprint density at radius 1 is 1.11 bits per heavy atom.